The summed E-state index contributed by atoms with van der Waals surface area (Å²) in [6.07, 6.45) is 1.31. The van der Waals surface area contributed by atoms with E-state index in [1.165, 1.54) is 37.8 Å². The zero-order valence-corrected chi connectivity index (χ0v) is 14.7. The highest BCUT2D eigenvalue weighted by Gasteiger charge is 2.14. The monoisotopic (exact) mass is 375 g/mol. The number of carbonyl (C=O) groups excluding carboxylic acids is 1. The third-order valence-corrected chi connectivity index (χ3v) is 5.09. The van der Waals surface area contributed by atoms with Crippen molar-refractivity contribution in [2.75, 3.05) is 25.6 Å². The molecule has 0 saturated heterocycles. The van der Waals surface area contributed by atoms with Crippen LogP contribution in [0.2, 0.25) is 0 Å². The standard InChI is InChI=1S/C17H17N3O5S/c1-24-9-8-19-26(22,23)14-5-3-13(4-6-14)20-17(21)12-2-7-16-15(10-12)18-11-25-16/h2-7,10-11,19H,8-9H2,1H3,(H,20,21). The highest BCUT2D eigenvalue weighted by atomic mass is 32.2. The number of oxazole rings is 1. The Labute approximate surface area is 150 Å². The van der Waals surface area contributed by atoms with E-state index in [1.54, 1.807) is 18.2 Å². The second kappa shape index (κ2) is 7.65. The van der Waals surface area contributed by atoms with Crippen LogP contribution >= 0.6 is 0 Å². The molecule has 1 heterocycles. The van der Waals surface area contributed by atoms with E-state index in [0.29, 0.717) is 22.4 Å². The molecule has 1 aromatic heterocycles. The maximum Gasteiger partial charge on any atom is 0.255 e. The Bertz CT molecular complexity index is 1010. The molecule has 3 rings (SSSR count). The molecular formula is C17H17N3O5S. The van der Waals surface area contributed by atoms with Gasteiger partial charge >= 0.3 is 0 Å². The predicted molar refractivity (Wildman–Crippen MR) is 95.5 cm³/mol. The number of anilines is 1. The van der Waals surface area contributed by atoms with E-state index < -0.39 is 10.0 Å². The fourth-order valence-electron chi connectivity index (χ4n) is 2.28. The third-order valence-electron chi connectivity index (χ3n) is 3.61. The van der Waals surface area contributed by atoms with Gasteiger partial charge in [0.25, 0.3) is 5.91 Å². The highest BCUT2D eigenvalue weighted by Crippen LogP contribution is 2.17. The minimum atomic E-state index is -3.61. The summed E-state index contributed by atoms with van der Waals surface area (Å²) in [4.78, 5) is 16.4. The Morgan fingerprint density at radius 2 is 1.96 bits per heavy atom. The average Bonchev–Trinajstić information content (AvgIpc) is 3.10. The summed E-state index contributed by atoms with van der Waals surface area (Å²) in [6.45, 7) is 0.463. The number of sulfonamides is 1. The quantitative estimate of drug-likeness (QED) is 0.611. The lowest BCUT2D eigenvalue weighted by atomic mass is 10.2. The van der Waals surface area contributed by atoms with Crippen LogP contribution in [0.5, 0.6) is 0 Å². The van der Waals surface area contributed by atoms with Crippen molar-refractivity contribution < 1.29 is 22.4 Å². The molecule has 0 atom stereocenters. The van der Waals surface area contributed by atoms with Crippen LogP contribution in [0, 0.1) is 0 Å². The Balaban J connectivity index is 1.69. The fraction of sp³-hybridized carbons (Fsp3) is 0.176. The van der Waals surface area contributed by atoms with Crippen molar-refractivity contribution in [1.29, 1.82) is 0 Å². The van der Waals surface area contributed by atoms with Crippen molar-refractivity contribution in [2.24, 2.45) is 0 Å². The molecule has 26 heavy (non-hydrogen) atoms. The molecule has 1 amide bonds. The Morgan fingerprint density at radius 3 is 2.69 bits per heavy atom. The lowest BCUT2D eigenvalue weighted by Crippen LogP contribution is -2.27. The van der Waals surface area contributed by atoms with Gasteiger partial charge in [0.1, 0.15) is 5.52 Å². The number of nitrogens with zero attached hydrogens (tertiary/aromatic N) is 1. The van der Waals surface area contributed by atoms with Crippen LogP contribution < -0.4 is 10.0 Å². The van der Waals surface area contributed by atoms with Crippen molar-refractivity contribution in [3.63, 3.8) is 0 Å². The molecule has 8 nitrogen and oxygen atoms in total. The molecule has 0 aliphatic heterocycles. The second-order valence-corrected chi connectivity index (χ2v) is 7.17. The molecule has 3 aromatic rings. The van der Waals surface area contributed by atoms with Crippen molar-refractivity contribution >= 4 is 32.7 Å². The zero-order valence-electron chi connectivity index (χ0n) is 13.9. The molecular weight excluding hydrogens is 358 g/mol. The van der Waals surface area contributed by atoms with Gasteiger partial charge in [-0.25, -0.2) is 18.1 Å². The molecule has 0 unspecified atom stereocenters. The van der Waals surface area contributed by atoms with Crippen LogP contribution in [0.4, 0.5) is 5.69 Å². The fourth-order valence-corrected chi connectivity index (χ4v) is 3.29. The van der Waals surface area contributed by atoms with Gasteiger partial charge in [-0.05, 0) is 42.5 Å². The third kappa shape index (κ3) is 4.07. The number of methoxy groups -OCH3 is 1. The van der Waals surface area contributed by atoms with Crippen LogP contribution in [0.3, 0.4) is 0 Å². The van der Waals surface area contributed by atoms with Crippen LogP contribution in [0.15, 0.2) is 58.2 Å². The maximum absolute atomic E-state index is 12.3. The molecule has 0 saturated carbocycles. The van der Waals surface area contributed by atoms with Gasteiger partial charge in [0, 0.05) is 24.9 Å². The van der Waals surface area contributed by atoms with E-state index >= 15 is 0 Å². The lowest BCUT2D eigenvalue weighted by molar-refractivity contribution is 0.102. The van der Waals surface area contributed by atoms with E-state index in [0.717, 1.165) is 0 Å². The number of aromatic nitrogens is 1. The summed E-state index contributed by atoms with van der Waals surface area (Å²) >= 11 is 0. The average molecular weight is 375 g/mol. The molecule has 0 aliphatic carbocycles. The number of rotatable bonds is 7. The number of hydrogen-bond donors (Lipinski definition) is 2. The predicted octanol–water partition coefficient (Wildman–Crippen LogP) is 2.00. The summed E-state index contributed by atoms with van der Waals surface area (Å²) in [5, 5.41) is 2.71. The topological polar surface area (TPSA) is 111 Å². The van der Waals surface area contributed by atoms with Crippen LogP contribution in [0.25, 0.3) is 11.1 Å². The first-order valence-electron chi connectivity index (χ1n) is 7.73. The minimum absolute atomic E-state index is 0.107. The molecule has 9 heteroatoms. The Kier molecular flexibility index (Phi) is 5.31. The number of benzene rings is 2. The molecule has 0 fully saturated rings. The van der Waals surface area contributed by atoms with Gasteiger partial charge in [-0.2, -0.15) is 0 Å². The molecule has 0 spiro atoms. The van der Waals surface area contributed by atoms with Crippen molar-refractivity contribution in [3.05, 3.63) is 54.4 Å². The normalized spacial score (nSPS) is 11.6. The van der Waals surface area contributed by atoms with Gasteiger partial charge in [-0.15, -0.1) is 0 Å². The first-order valence-corrected chi connectivity index (χ1v) is 9.21. The number of carbonyl (C=O) groups is 1. The summed E-state index contributed by atoms with van der Waals surface area (Å²) in [5.41, 5.74) is 2.08. The molecule has 2 aromatic carbocycles. The first kappa shape index (κ1) is 18.1. The smallest absolute Gasteiger partial charge is 0.255 e. The van der Waals surface area contributed by atoms with Gasteiger partial charge in [0.15, 0.2) is 12.0 Å². The number of fused-ring (bicyclic) bond motifs is 1. The van der Waals surface area contributed by atoms with Gasteiger partial charge in [-0.3, -0.25) is 4.79 Å². The lowest BCUT2D eigenvalue weighted by Gasteiger charge is -2.08. The Hall–Kier alpha value is -2.75. The largest absolute Gasteiger partial charge is 0.443 e. The van der Waals surface area contributed by atoms with E-state index in [-0.39, 0.29) is 24.0 Å². The van der Waals surface area contributed by atoms with Crippen LogP contribution in [-0.2, 0) is 14.8 Å². The number of nitrogens with one attached hydrogen (secondary N) is 2. The van der Waals surface area contributed by atoms with E-state index in [1.807, 2.05) is 0 Å². The maximum atomic E-state index is 12.3. The summed E-state index contributed by atoms with van der Waals surface area (Å²) < 4.78 is 36.6. The van der Waals surface area contributed by atoms with Crippen LogP contribution in [-0.4, -0.2) is 39.6 Å². The molecule has 136 valence electrons. The molecule has 0 aliphatic rings. The van der Waals surface area contributed by atoms with Gasteiger partial charge in [0.2, 0.25) is 10.0 Å². The molecule has 0 radical (unpaired) electrons. The minimum Gasteiger partial charge on any atom is -0.443 e. The van der Waals surface area contributed by atoms with E-state index in [9.17, 15) is 13.2 Å². The summed E-state index contributed by atoms with van der Waals surface area (Å²) in [6, 6.07) is 10.8. The number of hydrogen-bond acceptors (Lipinski definition) is 6. The Morgan fingerprint density at radius 1 is 1.19 bits per heavy atom. The van der Waals surface area contributed by atoms with Crippen LogP contribution in [0.1, 0.15) is 10.4 Å². The summed E-state index contributed by atoms with van der Waals surface area (Å²) in [5.74, 6) is -0.330. The van der Waals surface area contributed by atoms with Crippen molar-refractivity contribution in [3.8, 4) is 0 Å². The first-order chi connectivity index (χ1) is 12.5. The van der Waals surface area contributed by atoms with Crippen molar-refractivity contribution in [2.45, 2.75) is 4.90 Å². The van der Waals surface area contributed by atoms with E-state index in [4.69, 9.17) is 9.15 Å². The second-order valence-electron chi connectivity index (χ2n) is 5.40. The molecule has 0 bridgehead atoms. The highest BCUT2D eigenvalue weighted by molar-refractivity contribution is 7.89. The van der Waals surface area contributed by atoms with Gasteiger partial charge in [-0.1, -0.05) is 0 Å². The number of ether oxygens (including phenoxy) is 1. The van der Waals surface area contributed by atoms with E-state index in [2.05, 4.69) is 15.0 Å². The van der Waals surface area contributed by atoms with Gasteiger partial charge in [0.05, 0.1) is 11.5 Å². The summed E-state index contributed by atoms with van der Waals surface area (Å²) in [7, 11) is -2.12. The SMILES string of the molecule is COCCNS(=O)(=O)c1ccc(NC(=O)c2ccc3ocnc3c2)cc1. The van der Waals surface area contributed by atoms with Crippen molar-refractivity contribution in [1.82, 2.24) is 9.71 Å². The van der Waals surface area contributed by atoms with Gasteiger partial charge < -0.3 is 14.5 Å². The molecule has 2 N–H and O–H groups in total. The zero-order chi connectivity index (χ0) is 18.6. The number of amides is 1.